The Labute approximate surface area is 171 Å². The summed E-state index contributed by atoms with van der Waals surface area (Å²) < 4.78 is 1.92. The van der Waals surface area contributed by atoms with E-state index >= 15 is 0 Å². The molecule has 2 heterocycles. The van der Waals surface area contributed by atoms with Crippen molar-refractivity contribution in [1.82, 2.24) is 19.5 Å². The van der Waals surface area contributed by atoms with Gasteiger partial charge in [-0.3, -0.25) is 14.7 Å². The van der Waals surface area contributed by atoms with E-state index < -0.39 is 4.92 Å². The molecule has 7 heteroatoms. The maximum absolute atomic E-state index is 11.3. The van der Waals surface area contributed by atoms with Crippen LogP contribution >= 0.6 is 0 Å². The number of non-ortho nitro benzene ring substituents is 1. The van der Waals surface area contributed by atoms with Gasteiger partial charge >= 0.3 is 0 Å². The van der Waals surface area contributed by atoms with Gasteiger partial charge in [-0.05, 0) is 36.2 Å². The van der Waals surface area contributed by atoms with Crippen molar-refractivity contribution in [2.75, 3.05) is 0 Å². The van der Waals surface area contributed by atoms with Crippen LogP contribution in [0.1, 0.15) is 12.5 Å². The molecule has 0 aliphatic rings. The number of aryl methyl sites for hydroxylation is 1. The molecule has 0 aliphatic heterocycles. The van der Waals surface area contributed by atoms with Crippen LogP contribution in [-0.2, 0) is 6.42 Å². The van der Waals surface area contributed by atoms with E-state index in [0.29, 0.717) is 22.7 Å². The van der Waals surface area contributed by atoms with Gasteiger partial charge in [0.15, 0.2) is 11.3 Å². The Hall–Kier alpha value is -4.13. The molecule has 0 unspecified atom stereocenters. The molecule has 0 atom stereocenters. The van der Waals surface area contributed by atoms with Crippen LogP contribution in [0, 0.1) is 10.1 Å². The van der Waals surface area contributed by atoms with Crippen LogP contribution in [0.2, 0.25) is 0 Å². The standard InChI is InChI=1S/C23H17N5O2/c1-2-15-7-5-9-17(13-15)27-22(16-8-6-10-18(14-16)28(29)30)26-21-23(27)25-20-12-4-3-11-19(20)24-21/h3-14H,2H2,1H3. The van der Waals surface area contributed by atoms with Gasteiger partial charge in [0.05, 0.1) is 16.0 Å². The lowest BCUT2D eigenvalue weighted by Gasteiger charge is -2.10. The highest BCUT2D eigenvalue weighted by molar-refractivity contribution is 5.86. The predicted octanol–water partition coefficient (Wildman–Crippen LogP) is 5.11. The molecule has 0 saturated heterocycles. The molecule has 5 aromatic rings. The summed E-state index contributed by atoms with van der Waals surface area (Å²) in [7, 11) is 0. The van der Waals surface area contributed by atoms with Gasteiger partial charge in [0.1, 0.15) is 5.82 Å². The second-order valence-electron chi connectivity index (χ2n) is 6.96. The SMILES string of the molecule is CCc1cccc(-n2c(-c3cccc([N+](=O)[O-])c3)nc3nc4ccccc4nc32)c1. The Morgan fingerprint density at radius 3 is 2.43 bits per heavy atom. The van der Waals surface area contributed by atoms with Crippen LogP contribution in [0.5, 0.6) is 0 Å². The smallest absolute Gasteiger partial charge is 0.270 e. The summed E-state index contributed by atoms with van der Waals surface area (Å²) in [5, 5.41) is 11.3. The average molecular weight is 395 g/mol. The minimum Gasteiger partial charge on any atom is -0.275 e. The highest BCUT2D eigenvalue weighted by Crippen LogP contribution is 2.30. The molecular formula is C23H17N5O2. The maximum Gasteiger partial charge on any atom is 0.270 e. The average Bonchev–Trinajstić information content (AvgIpc) is 3.16. The number of imidazole rings is 1. The molecule has 0 bridgehead atoms. The van der Waals surface area contributed by atoms with E-state index in [1.165, 1.54) is 17.7 Å². The second kappa shape index (κ2) is 7.04. The number of nitrogens with zero attached hydrogens (tertiary/aromatic N) is 5. The number of nitro benzene ring substituents is 1. The lowest BCUT2D eigenvalue weighted by atomic mass is 10.1. The molecule has 3 aromatic carbocycles. The lowest BCUT2D eigenvalue weighted by molar-refractivity contribution is -0.384. The number of nitro groups is 1. The fourth-order valence-corrected chi connectivity index (χ4v) is 3.57. The van der Waals surface area contributed by atoms with E-state index in [0.717, 1.165) is 23.1 Å². The molecule has 2 aromatic heterocycles. The topological polar surface area (TPSA) is 86.7 Å². The second-order valence-corrected chi connectivity index (χ2v) is 6.96. The normalized spacial score (nSPS) is 11.2. The lowest BCUT2D eigenvalue weighted by Crippen LogP contribution is -2.00. The first-order chi connectivity index (χ1) is 14.6. The molecule has 0 aliphatic carbocycles. The summed E-state index contributed by atoms with van der Waals surface area (Å²) in [6.45, 7) is 2.10. The summed E-state index contributed by atoms with van der Waals surface area (Å²) in [6, 6.07) is 22.2. The van der Waals surface area contributed by atoms with E-state index in [1.54, 1.807) is 6.07 Å². The molecular weight excluding hydrogens is 378 g/mol. The molecule has 0 saturated carbocycles. The zero-order chi connectivity index (χ0) is 20.7. The molecule has 0 N–H and O–H groups in total. The Balaban J connectivity index is 1.85. The minimum atomic E-state index is -0.404. The van der Waals surface area contributed by atoms with Crippen molar-refractivity contribution in [3.63, 3.8) is 0 Å². The van der Waals surface area contributed by atoms with Crippen molar-refractivity contribution in [2.45, 2.75) is 13.3 Å². The highest BCUT2D eigenvalue weighted by atomic mass is 16.6. The molecule has 0 spiro atoms. The summed E-state index contributed by atoms with van der Waals surface area (Å²) in [4.78, 5) is 25.1. The van der Waals surface area contributed by atoms with E-state index in [9.17, 15) is 10.1 Å². The van der Waals surface area contributed by atoms with E-state index in [1.807, 2.05) is 47.0 Å². The molecule has 7 nitrogen and oxygen atoms in total. The van der Waals surface area contributed by atoms with Crippen LogP contribution in [0.4, 0.5) is 5.69 Å². The number of benzene rings is 3. The number of hydrogen-bond acceptors (Lipinski definition) is 5. The Bertz CT molecular complexity index is 1420. The summed E-state index contributed by atoms with van der Waals surface area (Å²) in [5.41, 5.74) is 5.34. The van der Waals surface area contributed by atoms with Crippen molar-refractivity contribution in [3.05, 3.63) is 88.5 Å². The number of para-hydroxylation sites is 2. The number of aromatic nitrogens is 4. The predicted molar refractivity (Wildman–Crippen MR) is 116 cm³/mol. The fraction of sp³-hybridized carbons (Fsp3) is 0.0870. The highest BCUT2D eigenvalue weighted by Gasteiger charge is 2.19. The largest absolute Gasteiger partial charge is 0.275 e. The van der Waals surface area contributed by atoms with Crippen LogP contribution in [-0.4, -0.2) is 24.4 Å². The minimum absolute atomic E-state index is 0.0134. The van der Waals surface area contributed by atoms with Gasteiger partial charge in [0.2, 0.25) is 0 Å². The van der Waals surface area contributed by atoms with Crippen LogP contribution in [0.25, 0.3) is 39.4 Å². The van der Waals surface area contributed by atoms with E-state index in [2.05, 4.69) is 24.0 Å². The fourth-order valence-electron chi connectivity index (χ4n) is 3.57. The van der Waals surface area contributed by atoms with E-state index in [-0.39, 0.29) is 5.69 Å². The molecule has 0 radical (unpaired) electrons. The van der Waals surface area contributed by atoms with Gasteiger partial charge in [-0.2, -0.15) is 0 Å². The summed E-state index contributed by atoms with van der Waals surface area (Å²) in [6.07, 6.45) is 0.890. The third-order valence-corrected chi connectivity index (χ3v) is 5.06. The monoisotopic (exact) mass is 395 g/mol. The van der Waals surface area contributed by atoms with Crippen molar-refractivity contribution in [2.24, 2.45) is 0 Å². The molecule has 146 valence electrons. The first kappa shape index (κ1) is 17.9. The molecule has 30 heavy (non-hydrogen) atoms. The zero-order valence-corrected chi connectivity index (χ0v) is 16.2. The maximum atomic E-state index is 11.3. The van der Waals surface area contributed by atoms with E-state index in [4.69, 9.17) is 9.97 Å². The zero-order valence-electron chi connectivity index (χ0n) is 16.2. The van der Waals surface area contributed by atoms with Crippen LogP contribution in [0.3, 0.4) is 0 Å². The summed E-state index contributed by atoms with van der Waals surface area (Å²) >= 11 is 0. The third-order valence-electron chi connectivity index (χ3n) is 5.06. The molecule has 5 rings (SSSR count). The Morgan fingerprint density at radius 2 is 1.67 bits per heavy atom. The quantitative estimate of drug-likeness (QED) is 0.312. The van der Waals surface area contributed by atoms with Crippen molar-refractivity contribution >= 4 is 28.0 Å². The van der Waals surface area contributed by atoms with Gasteiger partial charge in [0, 0.05) is 23.4 Å². The van der Waals surface area contributed by atoms with Gasteiger partial charge in [-0.15, -0.1) is 0 Å². The van der Waals surface area contributed by atoms with Crippen LogP contribution < -0.4 is 0 Å². The molecule has 0 fully saturated rings. The van der Waals surface area contributed by atoms with Crippen LogP contribution in [0.15, 0.2) is 72.8 Å². The van der Waals surface area contributed by atoms with Crippen molar-refractivity contribution in [3.8, 4) is 17.1 Å². The Morgan fingerprint density at radius 1 is 0.900 bits per heavy atom. The van der Waals surface area contributed by atoms with Gasteiger partial charge in [-0.25, -0.2) is 15.0 Å². The van der Waals surface area contributed by atoms with Gasteiger partial charge < -0.3 is 0 Å². The number of fused-ring (bicyclic) bond motifs is 2. The number of hydrogen-bond donors (Lipinski definition) is 0. The molecule has 0 amide bonds. The first-order valence-electron chi connectivity index (χ1n) is 9.63. The Kier molecular flexibility index (Phi) is 4.21. The summed E-state index contributed by atoms with van der Waals surface area (Å²) in [5.74, 6) is 0.567. The number of rotatable bonds is 4. The van der Waals surface area contributed by atoms with Gasteiger partial charge in [0.25, 0.3) is 5.69 Å². The van der Waals surface area contributed by atoms with Crippen molar-refractivity contribution < 1.29 is 4.92 Å². The third kappa shape index (κ3) is 2.97. The first-order valence-corrected chi connectivity index (χ1v) is 9.63. The van der Waals surface area contributed by atoms with Crippen molar-refractivity contribution in [1.29, 1.82) is 0 Å². The van der Waals surface area contributed by atoms with Gasteiger partial charge in [-0.1, -0.05) is 43.3 Å².